The lowest BCUT2D eigenvalue weighted by Gasteiger charge is -2.09. The van der Waals surface area contributed by atoms with Crippen LogP contribution in [0.25, 0.3) is 11.0 Å². The number of nitrogens with one attached hydrogen (secondary N) is 2. The van der Waals surface area contributed by atoms with E-state index < -0.39 is 0 Å². The first-order chi connectivity index (χ1) is 12.1. The third kappa shape index (κ3) is 3.99. The highest BCUT2D eigenvalue weighted by Gasteiger charge is 2.11. The third-order valence-corrected chi connectivity index (χ3v) is 5.19. The molecular formula is C18H23N5OS. The fraction of sp³-hybridized carbons (Fsp3) is 0.389. The summed E-state index contributed by atoms with van der Waals surface area (Å²) >= 11 is 1.63. The molecule has 1 aromatic carbocycles. The number of para-hydroxylation sites is 1. The molecule has 7 heteroatoms. The van der Waals surface area contributed by atoms with Crippen LogP contribution < -0.4 is 10.6 Å². The zero-order valence-electron chi connectivity index (χ0n) is 15.0. The Hall–Kier alpha value is -2.41. The van der Waals surface area contributed by atoms with E-state index in [9.17, 15) is 0 Å². The molecule has 2 N–H and O–H groups in total. The number of fused-ring (bicyclic) bond motifs is 1. The van der Waals surface area contributed by atoms with E-state index >= 15 is 0 Å². The second-order valence-electron chi connectivity index (χ2n) is 6.11. The molecule has 0 unspecified atom stereocenters. The van der Waals surface area contributed by atoms with Gasteiger partial charge in [-0.15, -0.1) is 10.2 Å². The maximum Gasteiger partial charge on any atom is 0.191 e. The number of nitrogens with zero attached hydrogens (tertiary/aromatic N) is 3. The monoisotopic (exact) mass is 357 g/mol. The van der Waals surface area contributed by atoms with Crippen molar-refractivity contribution in [3.8, 4) is 0 Å². The van der Waals surface area contributed by atoms with Crippen LogP contribution in [0.4, 0.5) is 0 Å². The Morgan fingerprint density at radius 1 is 1.20 bits per heavy atom. The minimum Gasteiger partial charge on any atom is -0.459 e. The highest BCUT2D eigenvalue weighted by Crippen LogP contribution is 2.24. The van der Waals surface area contributed by atoms with E-state index in [-0.39, 0.29) is 0 Å². The van der Waals surface area contributed by atoms with E-state index in [1.54, 1.807) is 18.4 Å². The summed E-state index contributed by atoms with van der Waals surface area (Å²) in [7, 11) is 1.75. The molecule has 0 fully saturated rings. The van der Waals surface area contributed by atoms with Crippen molar-refractivity contribution in [1.82, 2.24) is 20.8 Å². The van der Waals surface area contributed by atoms with Crippen LogP contribution in [0.1, 0.15) is 41.1 Å². The van der Waals surface area contributed by atoms with Crippen LogP contribution in [0, 0.1) is 6.92 Å². The molecule has 0 saturated carbocycles. The molecule has 0 amide bonds. The Kier molecular flexibility index (Phi) is 5.33. The molecular weight excluding hydrogens is 334 g/mol. The van der Waals surface area contributed by atoms with E-state index in [4.69, 9.17) is 4.42 Å². The van der Waals surface area contributed by atoms with E-state index in [0.717, 1.165) is 32.3 Å². The van der Waals surface area contributed by atoms with E-state index in [1.807, 2.05) is 18.2 Å². The molecule has 0 aliphatic heterocycles. The van der Waals surface area contributed by atoms with Gasteiger partial charge < -0.3 is 15.1 Å². The molecule has 0 atom stereocenters. The molecule has 3 rings (SSSR count). The third-order valence-electron chi connectivity index (χ3n) is 3.97. The summed E-state index contributed by atoms with van der Waals surface area (Å²) in [5.74, 6) is 2.03. The first kappa shape index (κ1) is 17.4. The Morgan fingerprint density at radius 3 is 2.64 bits per heavy atom. The summed E-state index contributed by atoms with van der Waals surface area (Å²) in [5.41, 5.74) is 2.07. The molecule has 132 valence electrons. The molecule has 0 aliphatic carbocycles. The van der Waals surface area contributed by atoms with E-state index in [1.165, 1.54) is 0 Å². The van der Waals surface area contributed by atoms with Crippen molar-refractivity contribution in [1.29, 1.82) is 0 Å². The summed E-state index contributed by atoms with van der Waals surface area (Å²) in [5, 5.41) is 18.1. The molecule has 3 aromatic rings. The molecule has 0 bridgehead atoms. The zero-order valence-corrected chi connectivity index (χ0v) is 15.8. The predicted molar refractivity (Wildman–Crippen MR) is 102 cm³/mol. The van der Waals surface area contributed by atoms with Crippen LogP contribution in [-0.2, 0) is 13.1 Å². The van der Waals surface area contributed by atoms with Crippen molar-refractivity contribution in [3.05, 3.63) is 45.6 Å². The van der Waals surface area contributed by atoms with E-state index in [2.05, 4.69) is 52.7 Å². The van der Waals surface area contributed by atoms with Gasteiger partial charge in [0.1, 0.15) is 21.4 Å². The number of aliphatic imine (C=N–C) groups is 1. The summed E-state index contributed by atoms with van der Waals surface area (Å²) < 4.78 is 5.92. The second kappa shape index (κ2) is 7.65. The van der Waals surface area contributed by atoms with Gasteiger partial charge in [-0.2, -0.15) is 0 Å². The van der Waals surface area contributed by atoms with Crippen molar-refractivity contribution in [2.24, 2.45) is 4.99 Å². The van der Waals surface area contributed by atoms with Crippen molar-refractivity contribution in [2.75, 3.05) is 7.05 Å². The van der Waals surface area contributed by atoms with Gasteiger partial charge in [0.05, 0.1) is 13.1 Å². The first-order valence-electron chi connectivity index (χ1n) is 8.32. The molecule has 0 aliphatic rings. The van der Waals surface area contributed by atoms with Crippen LogP contribution in [0.2, 0.25) is 0 Å². The van der Waals surface area contributed by atoms with Gasteiger partial charge in [0.15, 0.2) is 5.96 Å². The SMILES string of the molecule is CN=C(NCc1nnc(C(C)C)s1)NCc1oc2ccccc2c1C. The molecule has 0 saturated heterocycles. The lowest BCUT2D eigenvalue weighted by molar-refractivity contribution is 0.534. The average molecular weight is 357 g/mol. The van der Waals surface area contributed by atoms with Gasteiger partial charge in [-0.1, -0.05) is 43.4 Å². The van der Waals surface area contributed by atoms with Crippen LogP contribution >= 0.6 is 11.3 Å². The fourth-order valence-electron chi connectivity index (χ4n) is 2.51. The van der Waals surface area contributed by atoms with Gasteiger partial charge in [-0.3, -0.25) is 4.99 Å². The Bertz CT molecular complexity index is 881. The number of aryl methyl sites for hydroxylation is 1. The van der Waals surface area contributed by atoms with Gasteiger partial charge in [0, 0.05) is 23.9 Å². The smallest absolute Gasteiger partial charge is 0.191 e. The van der Waals surface area contributed by atoms with Crippen molar-refractivity contribution < 1.29 is 4.42 Å². The molecule has 25 heavy (non-hydrogen) atoms. The summed E-state index contributed by atoms with van der Waals surface area (Å²) in [6.45, 7) is 7.49. The number of aromatic nitrogens is 2. The maximum atomic E-state index is 5.92. The average Bonchev–Trinajstić information content (AvgIpc) is 3.21. The highest BCUT2D eigenvalue weighted by atomic mass is 32.1. The van der Waals surface area contributed by atoms with Gasteiger partial charge in [-0.25, -0.2) is 0 Å². The van der Waals surface area contributed by atoms with Gasteiger partial charge in [0.25, 0.3) is 0 Å². The molecule has 6 nitrogen and oxygen atoms in total. The Morgan fingerprint density at radius 2 is 1.96 bits per heavy atom. The summed E-state index contributed by atoms with van der Waals surface area (Å²) in [4.78, 5) is 4.25. The van der Waals surface area contributed by atoms with E-state index in [0.29, 0.717) is 25.0 Å². The Balaban J connectivity index is 1.59. The standard InChI is InChI=1S/C18H23N5OS/c1-11(2)17-23-22-16(25-17)10-21-18(19-4)20-9-15-12(3)13-7-5-6-8-14(13)24-15/h5-8,11H,9-10H2,1-4H3,(H2,19,20,21). The zero-order chi connectivity index (χ0) is 17.8. The predicted octanol–water partition coefficient (Wildman–Crippen LogP) is 3.58. The van der Waals surface area contributed by atoms with Gasteiger partial charge >= 0.3 is 0 Å². The first-order valence-corrected chi connectivity index (χ1v) is 9.14. The quantitative estimate of drug-likeness (QED) is 0.539. The molecule has 2 heterocycles. The van der Waals surface area contributed by atoms with Crippen molar-refractivity contribution in [3.63, 3.8) is 0 Å². The Labute approximate surface area is 151 Å². The number of furan rings is 1. The highest BCUT2D eigenvalue weighted by molar-refractivity contribution is 7.11. The largest absolute Gasteiger partial charge is 0.459 e. The number of hydrogen-bond acceptors (Lipinski definition) is 5. The topological polar surface area (TPSA) is 75.3 Å². The normalized spacial score (nSPS) is 12.1. The fourth-order valence-corrected chi connectivity index (χ4v) is 3.29. The molecule has 2 aromatic heterocycles. The number of hydrogen-bond donors (Lipinski definition) is 2. The van der Waals surface area contributed by atoms with Crippen LogP contribution in [-0.4, -0.2) is 23.2 Å². The van der Waals surface area contributed by atoms with Crippen LogP contribution in [0.3, 0.4) is 0 Å². The lowest BCUT2D eigenvalue weighted by atomic mass is 10.1. The van der Waals surface area contributed by atoms with Gasteiger partial charge in [-0.05, 0) is 13.0 Å². The van der Waals surface area contributed by atoms with Crippen LogP contribution in [0.5, 0.6) is 0 Å². The van der Waals surface area contributed by atoms with Crippen LogP contribution in [0.15, 0.2) is 33.7 Å². The molecule has 0 radical (unpaired) electrons. The maximum absolute atomic E-state index is 5.92. The minimum absolute atomic E-state index is 0.403. The number of guanidine groups is 1. The second-order valence-corrected chi connectivity index (χ2v) is 7.21. The lowest BCUT2D eigenvalue weighted by Crippen LogP contribution is -2.36. The summed E-state index contributed by atoms with van der Waals surface area (Å²) in [6, 6.07) is 8.07. The summed E-state index contributed by atoms with van der Waals surface area (Å²) in [6.07, 6.45) is 0. The van der Waals surface area contributed by atoms with Crippen molar-refractivity contribution >= 4 is 28.3 Å². The number of benzene rings is 1. The number of rotatable bonds is 5. The van der Waals surface area contributed by atoms with Gasteiger partial charge in [0.2, 0.25) is 0 Å². The molecule has 0 spiro atoms. The van der Waals surface area contributed by atoms with Crippen molar-refractivity contribution in [2.45, 2.75) is 39.8 Å². The minimum atomic E-state index is 0.403.